The molecular formula is C22H25NS. The minimum atomic E-state index is 0.784. The summed E-state index contributed by atoms with van der Waals surface area (Å²) >= 11 is 1.77. The van der Waals surface area contributed by atoms with Gasteiger partial charge in [-0.1, -0.05) is 43.5 Å². The molecule has 1 aromatic carbocycles. The third-order valence-electron chi connectivity index (χ3n) is 5.40. The zero-order chi connectivity index (χ0) is 16.4. The molecule has 0 atom stereocenters. The molecular weight excluding hydrogens is 310 g/mol. The van der Waals surface area contributed by atoms with Crippen LogP contribution in [0.25, 0.3) is 11.3 Å². The fraction of sp³-hybridized carbons (Fsp3) is 0.364. The van der Waals surface area contributed by atoms with Gasteiger partial charge in [0.15, 0.2) is 0 Å². The molecule has 3 aromatic rings. The molecule has 0 radical (unpaired) electrons. The number of hydrogen-bond acceptors (Lipinski definition) is 1. The average molecular weight is 336 g/mol. The summed E-state index contributed by atoms with van der Waals surface area (Å²) in [4.78, 5) is 0. The summed E-state index contributed by atoms with van der Waals surface area (Å²) in [5.41, 5.74) is 6.91. The van der Waals surface area contributed by atoms with Crippen LogP contribution >= 0.6 is 11.3 Å². The SMILES string of the molecule is Cc1ccc(-c2ccc(C3CCCCC3)cc2)n1Cc1ccsc1. The topological polar surface area (TPSA) is 4.93 Å². The summed E-state index contributed by atoms with van der Waals surface area (Å²) < 4.78 is 2.43. The second-order valence-electron chi connectivity index (χ2n) is 7.03. The van der Waals surface area contributed by atoms with E-state index < -0.39 is 0 Å². The molecule has 0 amide bonds. The van der Waals surface area contributed by atoms with Crippen molar-refractivity contribution in [2.45, 2.75) is 51.5 Å². The summed E-state index contributed by atoms with van der Waals surface area (Å²) in [6.45, 7) is 3.16. The molecule has 1 saturated carbocycles. The van der Waals surface area contributed by atoms with Gasteiger partial charge in [-0.05, 0) is 71.3 Å². The Bertz CT molecular complexity index is 774. The average Bonchev–Trinajstić information content (AvgIpc) is 3.27. The third kappa shape index (κ3) is 3.21. The molecule has 1 aliphatic carbocycles. The molecule has 1 nitrogen and oxygen atoms in total. The van der Waals surface area contributed by atoms with Gasteiger partial charge in [0.2, 0.25) is 0 Å². The molecule has 1 aliphatic rings. The molecule has 2 heterocycles. The maximum absolute atomic E-state index is 2.43. The highest BCUT2D eigenvalue weighted by Crippen LogP contribution is 2.34. The van der Waals surface area contributed by atoms with Crippen molar-refractivity contribution in [3.8, 4) is 11.3 Å². The highest BCUT2D eigenvalue weighted by atomic mass is 32.1. The predicted octanol–water partition coefficient (Wildman–Crippen LogP) is 6.62. The summed E-state index contributed by atoms with van der Waals surface area (Å²) in [7, 11) is 0. The maximum Gasteiger partial charge on any atom is 0.0486 e. The Kier molecular flexibility index (Phi) is 4.57. The van der Waals surface area contributed by atoms with Gasteiger partial charge in [-0.3, -0.25) is 0 Å². The van der Waals surface area contributed by atoms with E-state index in [1.165, 1.54) is 60.2 Å². The smallest absolute Gasteiger partial charge is 0.0486 e. The van der Waals surface area contributed by atoms with E-state index in [1.807, 2.05) is 0 Å². The summed E-state index contributed by atoms with van der Waals surface area (Å²) in [5.74, 6) is 0.784. The van der Waals surface area contributed by atoms with Crippen LogP contribution in [0, 0.1) is 6.92 Å². The van der Waals surface area contributed by atoms with Crippen molar-refractivity contribution in [3.05, 3.63) is 70.0 Å². The lowest BCUT2D eigenvalue weighted by molar-refractivity contribution is 0.443. The first kappa shape index (κ1) is 15.7. The molecule has 24 heavy (non-hydrogen) atoms. The molecule has 0 spiro atoms. The third-order valence-corrected chi connectivity index (χ3v) is 6.13. The zero-order valence-electron chi connectivity index (χ0n) is 14.4. The van der Waals surface area contributed by atoms with E-state index >= 15 is 0 Å². The normalized spacial score (nSPS) is 15.7. The van der Waals surface area contributed by atoms with Crippen LogP contribution < -0.4 is 0 Å². The van der Waals surface area contributed by atoms with Crippen LogP contribution in [0.2, 0.25) is 0 Å². The first-order valence-electron chi connectivity index (χ1n) is 9.09. The molecule has 0 saturated heterocycles. The minimum absolute atomic E-state index is 0.784. The van der Waals surface area contributed by atoms with Gasteiger partial charge in [0.1, 0.15) is 0 Å². The van der Waals surface area contributed by atoms with Gasteiger partial charge in [0.05, 0.1) is 0 Å². The fourth-order valence-electron chi connectivity index (χ4n) is 3.96. The number of benzene rings is 1. The Morgan fingerprint density at radius 1 is 0.958 bits per heavy atom. The molecule has 0 N–H and O–H groups in total. The molecule has 4 rings (SSSR count). The molecule has 0 bridgehead atoms. The summed E-state index contributed by atoms with van der Waals surface area (Å²) in [6, 6.07) is 16.1. The number of rotatable bonds is 4. The van der Waals surface area contributed by atoms with E-state index in [2.05, 4.69) is 64.7 Å². The Morgan fingerprint density at radius 2 is 1.75 bits per heavy atom. The first-order chi connectivity index (χ1) is 11.8. The molecule has 124 valence electrons. The number of thiophene rings is 1. The van der Waals surface area contributed by atoms with Crippen molar-refractivity contribution in [2.24, 2.45) is 0 Å². The van der Waals surface area contributed by atoms with Gasteiger partial charge in [-0.2, -0.15) is 11.3 Å². The zero-order valence-corrected chi connectivity index (χ0v) is 15.2. The van der Waals surface area contributed by atoms with E-state index in [1.54, 1.807) is 11.3 Å². The Morgan fingerprint density at radius 3 is 2.46 bits per heavy atom. The van der Waals surface area contributed by atoms with Gasteiger partial charge in [-0.15, -0.1) is 0 Å². The Labute approximate surface area is 149 Å². The molecule has 2 heteroatoms. The summed E-state index contributed by atoms with van der Waals surface area (Å²) in [6.07, 6.45) is 6.95. The molecule has 2 aromatic heterocycles. The predicted molar refractivity (Wildman–Crippen MR) is 104 cm³/mol. The van der Waals surface area contributed by atoms with E-state index in [9.17, 15) is 0 Å². The van der Waals surface area contributed by atoms with E-state index in [-0.39, 0.29) is 0 Å². The molecule has 0 unspecified atom stereocenters. The van der Waals surface area contributed by atoms with Gasteiger partial charge in [0, 0.05) is 17.9 Å². The second kappa shape index (κ2) is 6.98. The highest BCUT2D eigenvalue weighted by Gasteiger charge is 2.16. The lowest BCUT2D eigenvalue weighted by Crippen LogP contribution is -2.05. The number of aryl methyl sites for hydroxylation is 1. The first-order valence-corrected chi connectivity index (χ1v) is 10.0. The van der Waals surface area contributed by atoms with Crippen molar-refractivity contribution in [1.82, 2.24) is 4.57 Å². The van der Waals surface area contributed by atoms with Crippen molar-refractivity contribution in [2.75, 3.05) is 0 Å². The van der Waals surface area contributed by atoms with Crippen LogP contribution in [0.1, 0.15) is 54.8 Å². The summed E-state index contributed by atoms with van der Waals surface area (Å²) in [5, 5.41) is 4.40. The van der Waals surface area contributed by atoms with Crippen LogP contribution in [-0.4, -0.2) is 4.57 Å². The largest absolute Gasteiger partial charge is 0.340 e. The van der Waals surface area contributed by atoms with Crippen LogP contribution in [0.3, 0.4) is 0 Å². The van der Waals surface area contributed by atoms with Gasteiger partial charge >= 0.3 is 0 Å². The van der Waals surface area contributed by atoms with Gasteiger partial charge in [-0.25, -0.2) is 0 Å². The standard InChI is InChI=1S/C22H25NS/c1-17-7-12-22(23(17)15-18-13-14-24-16-18)21-10-8-20(9-11-21)19-5-3-2-4-6-19/h7-14,16,19H,2-6,15H2,1H3. The van der Waals surface area contributed by atoms with Gasteiger partial charge in [0.25, 0.3) is 0 Å². The molecule has 1 fully saturated rings. The van der Waals surface area contributed by atoms with Crippen LogP contribution in [0.15, 0.2) is 53.2 Å². The van der Waals surface area contributed by atoms with Gasteiger partial charge < -0.3 is 4.57 Å². The Hall–Kier alpha value is -1.80. The number of aromatic nitrogens is 1. The van der Waals surface area contributed by atoms with E-state index in [0.717, 1.165) is 12.5 Å². The fourth-order valence-corrected chi connectivity index (χ4v) is 4.62. The van der Waals surface area contributed by atoms with Crippen LogP contribution in [-0.2, 0) is 6.54 Å². The lowest BCUT2D eigenvalue weighted by Gasteiger charge is -2.22. The molecule has 0 aliphatic heterocycles. The van der Waals surface area contributed by atoms with Crippen molar-refractivity contribution in [1.29, 1.82) is 0 Å². The lowest BCUT2D eigenvalue weighted by atomic mass is 9.84. The van der Waals surface area contributed by atoms with Crippen molar-refractivity contribution >= 4 is 11.3 Å². The number of hydrogen-bond donors (Lipinski definition) is 0. The van der Waals surface area contributed by atoms with E-state index in [4.69, 9.17) is 0 Å². The number of nitrogens with zero attached hydrogens (tertiary/aromatic N) is 1. The Balaban J connectivity index is 1.59. The minimum Gasteiger partial charge on any atom is -0.340 e. The maximum atomic E-state index is 2.43. The van der Waals surface area contributed by atoms with Crippen molar-refractivity contribution in [3.63, 3.8) is 0 Å². The van der Waals surface area contributed by atoms with Crippen LogP contribution in [0.5, 0.6) is 0 Å². The second-order valence-corrected chi connectivity index (χ2v) is 7.81. The highest BCUT2D eigenvalue weighted by molar-refractivity contribution is 7.07. The van der Waals surface area contributed by atoms with E-state index in [0.29, 0.717) is 0 Å². The van der Waals surface area contributed by atoms with Crippen LogP contribution in [0.4, 0.5) is 0 Å². The quantitative estimate of drug-likeness (QED) is 0.505. The monoisotopic (exact) mass is 335 g/mol. The van der Waals surface area contributed by atoms with Crippen molar-refractivity contribution < 1.29 is 0 Å².